The molecule has 0 aliphatic carbocycles. The number of pyridine rings is 1. The van der Waals surface area contributed by atoms with Gasteiger partial charge in [-0.05, 0) is 39.0 Å². The molecule has 2 heterocycles. The monoisotopic (exact) mass is 457 g/mol. The van der Waals surface area contributed by atoms with Crippen LogP contribution in [0.25, 0.3) is 28.0 Å². The number of nitrogens with one attached hydrogen (secondary N) is 1. The molecule has 172 valence electrons. The molecule has 0 aliphatic heterocycles. The number of aryl methyl sites for hydroxylation is 2. The van der Waals surface area contributed by atoms with Crippen molar-refractivity contribution in [3.05, 3.63) is 77.5 Å². The molecule has 3 N–H and O–H groups in total. The number of fused-ring (bicyclic) bond motifs is 1. The van der Waals surface area contributed by atoms with E-state index < -0.39 is 24.0 Å². The van der Waals surface area contributed by atoms with Gasteiger partial charge in [0, 0.05) is 5.56 Å². The molecular weight excluding hydrogens is 434 g/mol. The molecule has 2 aromatic heterocycles. The summed E-state index contributed by atoms with van der Waals surface area (Å²) in [5, 5.41) is 7.04. The number of esters is 1. The highest BCUT2D eigenvalue weighted by Crippen LogP contribution is 2.29. The molecule has 0 bridgehead atoms. The number of benzene rings is 2. The number of hydrogen-bond donors (Lipinski definition) is 2. The quantitative estimate of drug-likeness (QED) is 0.442. The molecule has 1 atom stereocenters. The molecule has 1 unspecified atom stereocenters. The first-order valence-corrected chi connectivity index (χ1v) is 10.6. The summed E-state index contributed by atoms with van der Waals surface area (Å²) in [6.07, 6.45) is -1.24. The van der Waals surface area contributed by atoms with E-state index in [4.69, 9.17) is 15.5 Å². The van der Waals surface area contributed by atoms with Gasteiger partial charge in [0.2, 0.25) is 0 Å². The zero-order valence-corrected chi connectivity index (χ0v) is 18.9. The summed E-state index contributed by atoms with van der Waals surface area (Å²) in [5.41, 5.74) is 9.47. The van der Waals surface area contributed by atoms with Crippen LogP contribution in [0.4, 0.5) is 4.79 Å². The molecule has 9 heteroatoms. The predicted molar refractivity (Wildman–Crippen MR) is 126 cm³/mol. The number of nitrogens with two attached hydrogens (primary N) is 1. The second-order valence-corrected chi connectivity index (χ2v) is 7.85. The summed E-state index contributed by atoms with van der Waals surface area (Å²) in [7, 11) is 0. The fraction of sp³-hybridized carbons (Fsp3) is 0.160. The number of aromatic nitrogens is 3. The summed E-state index contributed by atoms with van der Waals surface area (Å²) < 4.78 is 7.04. The minimum Gasteiger partial charge on any atom is -0.449 e. The van der Waals surface area contributed by atoms with Crippen LogP contribution >= 0.6 is 0 Å². The first kappa shape index (κ1) is 22.7. The average molecular weight is 457 g/mol. The van der Waals surface area contributed by atoms with Crippen LogP contribution in [0.1, 0.15) is 28.5 Å². The topological polar surface area (TPSA) is 129 Å². The van der Waals surface area contributed by atoms with E-state index in [9.17, 15) is 14.4 Å². The van der Waals surface area contributed by atoms with E-state index in [0.717, 1.165) is 16.8 Å². The van der Waals surface area contributed by atoms with E-state index in [2.05, 4.69) is 5.10 Å². The molecule has 0 saturated heterocycles. The van der Waals surface area contributed by atoms with Crippen molar-refractivity contribution in [2.75, 3.05) is 0 Å². The van der Waals surface area contributed by atoms with Gasteiger partial charge in [0.15, 0.2) is 11.8 Å². The number of imide groups is 1. The Bertz CT molecular complexity index is 1390. The highest BCUT2D eigenvalue weighted by molar-refractivity contribution is 6.06. The highest BCUT2D eigenvalue weighted by Gasteiger charge is 2.25. The molecule has 0 fully saturated rings. The summed E-state index contributed by atoms with van der Waals surface area (Å²) in [5.74, 6) is -1.57. The van der Waals surface area contributed by atoms with Gasteiger partial charge in [-0.3, -0.25) is 10.1 Å². The maximum Gasteiger partial charge on any atom is 0.339 e. The zero-order valence-electron chi connectivity index (χ0n) is 18.9. The van der Waals surface area contributed by atoms with Crippen LogP contribution in [-0.2, 0) is 9.53 Å². The molecule has 34 heavy (non-hydrogen) atoms. The van der Waals surface area contributed by atoms with Crippen LogP contribution < -0.4 is 11.1 Å². The number of amides is 3. The average Bonchev–Trinajstić information content (AvgIpc) is 3.15. The Morgan fingerprint density at radius 1 is 1.03 bits per heavy atom. The number of carbonyl (C=O) groups is 3. The van der Waals surface area contributed by atoms with Crippen LogP contribution in [0.3, 0.4) is 0 Å². The van der Waals surface area contributed by atoms with Crippen molar-refractivity contribution >= 4 is 28.9 Å². The van der Waals surface area contributed by atoms with E-state index in [1.165, 1.54) is 6.92 Å². The standard InChI is InChI=1S/C25H23N5O4/c1-14-9-11-18(12-10-14)30-22-21(15(2)29-30)19(13-20(27-22)17-7-5-4-6-8-17)24(32)34-16(3)23(31)28-25(26)33/h4-13,16H,1-3H3,(H3,26,28,31,33). The van der Waals surface area contributed by atoms with Crippen LogP contribution in [0.5, 0.6) is 0 Å². The lowest BCUT2D eigenvalue weighted by atomic mass is 10.1. The van der Waals surface area contributed by atoms with Crippen LogP contribution in [0.2, 0.25) is 0 Å². The number of hydrogen-bond acceptors (Lipinski definition) is 6. The Morgan fingerprint density at radius 2 is 1.71 bits per heavy atom. The minimum absolute atomic E-state index is 0.207. The maximum absolute atomic E-state index is 13.2. The molecule has 0 radical (unpaired) electrons. The third-order valence-corrected chi connectivity index (χ3v) is 5.28. The first-order valence-electron chi connectivity index (χ1n) is 10.6. The smallest absolute Gasteiger partial charge is 0.339 e. The normalized spacial score (nSPS) is 11.7. The second kappa shape index (κ2) is 9.14. The summed E-state index contributed by atoms with van der Waals surface area (Å²) in [6, 6.07) is 17.8. The number of carbonyl (C=O) groups excluding carboxylic acids is 3. The predicted octanol–water partition coefficient (Wildman–Crippen LogP) is 3.44. The Morgan fingerprint density at radius 3 is 2.35 bits per heavy atom. The Kier molecular flexibility index (Phi) is 6.09. The third kappa shape index (κ3) is 4.49. The number of rotatable bonds is 5. The molecule has 4 rings (SSSR count). The largest absolute Gasteiger partial charge is 0.449 e. The molecule has 4 aromatic rings. The van der Waals surface area contributed by atoms with Crippen molar-refractivity contribution < 1.29 is 19.1 Å². The van der Waals surface area contributed by atoms with Gasteiger partial charge >= 0.3 is 12.0 Å². The van der Waals surface area contributed by atoms with E-state index in [1.807, 2.05) is 66.8 Å². The zero-order chi connectivity index (χ0) is 24.4. The lowest BCUT2D eigenvalue weighted by molar-refractivity contribution is -0.127. The second-order valence-electron chi connectivity index (χ2n) is 7.85. The summed E-state index contributed by atoms with van der Waals surface area (Å²) in [4.78, 5) is 41.0. The molecule has 2 aromatic carbocycles. The number of primary amides is 1. The van der Waals surface area contributed by atoms with Gasteiger partial charge in [0.1, 0.15) is 0 Å². The Hall–Kier alpha value is -4.53. The minimum atomic E-state index is -1.24. The molecule has 0 saturated carbocycles. The van der Waals surface area contributed by atoms with E-state index in [1.54, 1.807) is 17.7 Å². The lowest BCUT2D eigenvalue weighted by Crippen LogP contribution is -2.42. The fourth-order valence-corrected chi connectivity index (χ4v) is 3.57. The summed E-state index contributed by atoms with van der Waals surface area (Å²) in [6.45, 7) is 5.12. The lowest BCUT2D eigenvalue weighted by Gasteiger charge is -2.13. The van der Waals surface area contributed by atoms with Crippen molar-refractivity contribution in [1.82, 2.24) is 20.1 Å². The van der Waals surface area contributed by atoms with Gasteiger partial charge in [0.25, 0.3) is 5.91 Å². The molecule has 3 amide bonds. The number of urea groups is 1. The highest BCUT2D eigenvalue weighted by atomic mass is 16.5. The molecule has 0 aliphatic rings. The van der Waals surface area contributed by atoms with Crippen LogP contribution in [0.15, 0.2) is 60.7 Å². The Balaban J connectivity index is 1.86. The maximum atomic E-state index is 13.2. The van der Waals surface area contributed by atoms with Gasteiger partial charge < -0.3 is 10.5 Å². The van der Waals surface area contributed by atoms with Crippen LogP contribution in [-0.4, -0.2) is 38.8 Å². The van der Waals surface area contributed by atoms with E-state index in [0.29, 0.717) is 22.4 Å². The van der Waals surface area contributed by atoms with E-state index >= 15 is 0 Å². The summed E-state index contributed by atoms with van der Waals surface area (Å²) >= 11 is 0. The van der Waals surface area contributed by atoms with Crippen molar-refractivity contribution in [1.29, 1.82) is 0 Å². The van der Waals surface area contributed by atoms with Crippen LogP contribution in [0, 0.1) is 13.8 Å². The number of ether oxygens (including phenoxy) is 1. The van der Waals surface area contributed by atoms with Crippen molar-refractivity contribution in [3.8, 4) is 16.9 Å². The molecular formula is C25H23N5O4. The van der Waals surface area contributed by atoms with Gasteiger partial charge in [-0.2, -0.15) is 5.10 Å². The first-order chi connectivity index (χ1) is 16.2. The number of nitrogens with zero attached hydrogens (tertiary/aromatic N) is 3. The van der Waals surface area contributed by atoms with Gasteiger partial charge in [-0.1, -0.05) is 48.0 Å². The van der Waals surface area contributed by atoms with Gasteiger partial charge in [-0.15, -0.1) is 0 Å². The fourth-order valence-electron chi connectivity index (χ4n) is 3.57. The molecule has 9 nitrogen and oxygen atoms in total. The SMILES string of the molecule is Cc1ccc(-n2nc(C)c3c(C(=O)OC(C)C(=O)NC(N)=O)cc(-c4ccccc4)nc32)cc1. The van der Waals surface area contributed by atoms with Crippen molar-refractivity contribution in [2.45, 2.75) is 26.9 Å². The van der Waals surface area contributed by atoms with Gasteiger partial charge in [-0.25, -0.2) is 19.3 Å². The van der Waals surface area contributed by atoms with Crippen molar-refractivity contribution in [3.63, 3.8) is 0 Å². The third-order valence-electron chi connectivity index (χ3n) is 5.28. The van der Waals surface area contributed by atoms with Gasteiger partial charge in [0.05, 0.1) is 28.0 Å². The van der Waals surface area contributed by atoms with E-state index in [-0.39, 0.29) is 5.56 Å². The van der Waals surface area contributed by atoms with Crippen molar-refractivity contribution in [2.24, 2.45) is 5.73 Å². The molecule has 0 spiro atoms. The Labute approximate surface area is 195 Å².